The third-order valence-electron chi connectivity index (χ3n) is 12.8. The van der Waals surface area contributed by atoms with Crippen LogP contribution in [0.2, 0.25) is 0 Å². The molecule has 288 valence electrons. The molecule has 1 aromatic heterocycles. The predicted molar refractivity (Wildman–Crippen MR) is 202 cm³/mol. The second-order valence-electron chi connectivity index (χ2n) is 18.3. The van der Waals surface area contributed by atoms with Crippen LogP contribution in [0, 0.1) is 5.92 Å². The summed E-state index contributed by atoms with van der Waals surface area (Å²) in [6, 6.07) is 0.125. The van der Waals surface area contributed by atoms with Crippen molar-refractivity contribution in [1.29, 1.82) is 0 Å². The maximum Gasteiger partial charge on any atom is 0.398 e. The molecule has 3 saturated heterocycles. The summed E-state index contributed by atoms with van der Waals surface area (Å²) in [7, 11) is -2.62. The summed E-state index contributed by atoms with van der Waals surface area (Å²) in [5.74, 6) is 0.0522. The summed E-state index contributed by atoms with van der Waals surface area (Å²) >= 11 is 0. The van der Waals surface area contributed by atoms with Crippen molar-refractivity contribution < 1.29 is 23.1 Å². The van der Waals surface area contributed by atoms with Gasteiger partial charge < -0.3 is 19.3 Å². The Morgan fingerprint density at radius 3 is 1.56 bits per heavy atom. The highest BCUT2D eigenvalue weighted by Crippen LogP contribution is 2.51. The first-order chi connectivity index (χ1) is 23.1. The Balaban J connectivity index is 1.62. The molecule has 50 heavy (non-hydrogen) atoms. The van der Waals surface area contributed by atoms with Gasteiger partial charge in [0.1, 0.15) is 13.2 Å². The van der Waals surface area contributed by atoms with Crippen molar-refractivity contribution in [1.82, 2.24) is 30.1 Å². The highest BCUT2D eigenvalue weighted by Gasteiger charge is 2.50. The van der Waals surface area contributed by atoms with Gasteiger partial charge in [-0.25, -0.2) is 0 Å². The van der Waals surface area contributed by atoms with Crippen LogP contribution in [0.1, 0.15) is 148 Å². The minimum absolute atomic E-state index is 0.0464. The van der Waals surface area contributed by atoms with Gasteiger partial charge in [0.2, 0.25) is 0 Å². The molecule has 3 fully saturated rings. The lowest BCUT2D eigenvalue weighted by Crippen LogP contribution is -2.66. The SMILES string of the molecule is CCC1(C)CC(OP(=O)(OC)c2nc(OCCN3C(C)(C)CCCC3(C)C)nc(OCCN3C(C)(C)CCCC3(C)C)n2)C(C)C(C)(CC)N1. The lowest BCUT2D eigenvalue weighted by Gasteiger charge is -2.53. The van der Waals surface area contributed by atoms with Crippen molar-refractivity contribution in [2.24, 2.45) is 5.92 Å². The number of likely N-dealkylation sites (tertiary alicyclic amines) is 2. The second-order valence-corrected chi connectivity index (χ2v) is 20.3. The fourth-order valence-corrected chi connectivity index (χ4v) is 10.7. The fraction of sp³-hybridized carbons (Fsp3) is 0.921. The number of nitrogens with zero attached hydrogens (tertiary/aromatic N) is 5. The van der Waals surface area contributed by atoms with E-state index in [0.717, 1.165) is 38.5 Å². The molecule has 0 aromatic carbocycles. The van der Waals surface area contributed by atoms with Crippen molar-refractivity contribution in [3.05, 3.63) is 0 Å². The van der Waals surface area contributed by atoms with Crippen LogP contribution < -0.4 is 20.4 Å². The smallest absolute Gasteiger partial charge is 0.398 e. The Bertz CT molecular complexity index is 1260. The summed E-state index contributed by atoms with van der Waals surface area (Å²) in [5.41, 5.74) is -0.293. The van der Waals surface area contributed by atoms with Crippen LogP contribution in [0.5, 0.6) is 12.0 Å². The molecule has 5 unspecified atom stereocenters. The van der Waals surface area contributed by atoms with Gasteiger partial charge in [0, 0.05) is 59.4 Å². The zero-order valence-electron chi connectivity index (χ0n) is 34.1. The Morgan fingerprint density at radius 1 is 0.740 bits per heavy atom. The second kappa shape index (κ2) is 15.2. The van der Waals surface area contributed by atoms with Gasteiger partial charge in [-0.05, 0) is 127 Å². The summed E-state index contributed by atoms with van der Waals surface area (Å²) in [5, 5.41) is 3.87. The van der Waals surface area contributed by atoms with Crippen LogP contribution in [0.25, 0.3) is 0 Å². The zero-order chi connectivity index (χ0) is 37.4. The number of aromatic nitrogens is 3. The van der Waals surface area contributed by atoms with Gasteiger partial charge in [0.25, 0.3) is 5.57 Å². The van der Waals surface area contributed by atoms with Gasteiger partial charge in [0.15, 0.2) is 0 Å². The molecule has 5 atom stereocenters. The molecule has 0 aliphatic carbocycles. The predicted octanol–water partition coefficient (Wildman–Crippen LogP) is 7.53. The molecule has 0 radical (unpaired) electrons. The van der Waals surface area contributed by atoms with Crippen LogP contribution in [0.3, 0.4) is 0 Å². The lowest BCUT2D eigenvalue weighted by atomic mass is 9.70. The van der Waals surface area contributed by atoms with Crippen LogP contribution in [-0.4, -0.2) is 97.5 Å². The van der Waals surface area contributed by atoms with E-state index in [2.05, 4.69) is 120 Å². The Labute approximate surface area is 304 Å². The first-order valence-corrected chi connectivity index (χ1v) is 20.8. The first kappa shape index (κ1) is 41.4. The molecule has 0 amide bonds. The largest absolute Gasteiger partial charge is 0.462 e. The summed E-state index contributed by atoms with van der Waals surface area (Å²) in [6.45, 7) is 31.4. The van der Waals surface area contributed by atoms with Gasteiger partial charge >= 0.3 is 19.6 Å². The van der Waals surface area contributed by atoms with E-state index in [4.69, 9.17) is 18.5 Å². The van der Waals surface area contributed by atoms with Gasteiger partial charge in [-0.2, -0.15) is 9.97 Å². The quantitative estimate of drug-likeness (QED) is 0.192. The van der Waals surface area contributed by atoms with Gasteiger partial charge in [0.05, 0.1) is 6.10 Å². The molecule has 4 rings (SSSR count). The number of hydrogen-bond acceptors (Lipinski definition) is 11. The number of rotatable bonds is 14. The van der Waals surface area contributed by atoms with E-state index in [1.807, 2.05) is 0 Å². The highest BCUT2D eigenvalue weighted by molar-refractivity contribution is 7.61. The van der Waals surface area contributed by atoms with Crippen molar-refractivity contribution in [2.75, 3.05) is 33.4 Å². The Kier molecular flexibility index (Phi) is 12.6. The van der Waals surface area contributed by atoms with Crippen molar-refractivity contribution in [3.8, 4) is 12.0 Å². The van der Waals surface area contributed by atoms with E-state index in [9.17, 15) is 4.57 Å². The summed E-state index contributed by atoms with van der Waals surface area (Å²) in [4.78, 5) is 18.8. The lowest BCUT2D eigenvalue weighted by molar-refractivity contribution is -0.0353. The summed E-state index contributed by atoms with van der Waals surface area (Å²) in [6.07, 6.45) is 9.07. The molecule has 0 spiro atoms. The zero-order valence-corrected chi connectivity index (χ0v) is 35.0. The van der Waals surface area contributed by atoms with Crippen molar-refractivity contribution in [3.63, 3.8) is 0 Å². The minimum atomic E-state index is -4.02. The molecule has 4 heterocycles. The maximum absolute atomic E-state index is 14.7. The van der Waals surface area contributed by atoms with E-state index in [1.165, 1.54) is 20.0 Å². The molecule has 12 heteroatoms. The van der Waals surface area contributed by atoms with E-state index in [1.54, 1.807) is 0 Å². The molecular formula is C38H71N6O5P. The number of ether oxygens (including phenoxy) is 2. The molecule has 3 aliphatic heterocycles. The molecular weight excluding hydrogens is 651 g/mol. The molecule has 0 bridgehead atoms. The third-order valence-corrected chi connectivity index (χ3v) is 14.5. The fourth-order valence-electron chi connectivity index (χ4n) is 9.34. The molecule has 0 saturated carbocycles. The van der Waals surface area contributed by atoms with E-state index >= 15 is 0 Å². The average molecular weight is 723 g/mol. The minimum Gasteiger partial charge on any atom is -0.462 e. The molecule has 1 N–H and O–H groups in total. The molecule has 11 nitrogen and oxygen atoms in total. The molecule has 3 aliphatic rings. The third kappa shape index (κ3) is 9.04. The highest BCUT2D eigenvalue weighted by atomic mass is 31.2. The maximum atomic E-state index is 14.7. The number of hydrogen-bond donors (Lipinski definition) is 1. The molecule has 1 aromatic rings. The van der Waals surface area contributed by atoms with Crippen molar-refractivity contribution in [2.45, 2.75) is 187 Å². The van der Waals surface area contributed by atoms with Crippen LogP contribution >= 0.6 is 7.60 Å². The number of nitrogens with one attached hydrogen (secondary N) is 1. The number of piperidine rings is 3. The van der Waals surface area contributed by atoms with E-state index in [-0.39, 0.29) is 62.8 Å². The standard InChI is InChI=1S/C38H71N6O5P/c1-15-37(12)27-29(28(3)38(13,16-2)42-37)49-50(45,46-14)32-40-30(47-25-23-43-33(4,5)19-17-20-34(43,6)7)39-31(41-32)48-26-24-44-35(8,9)21-18-22-36(44,10)11/h28-29,42H,15-27H2,1-14H3. The normalized spacial score (nSPS) is 32.3. The van der Waals surface area contributed by atoms with Gasteiger partial charge in [-0.15, -0.1) is 4.98 Å². The summed E-state index contributed by atoms with van der Waals surface area (Å²) < 4.78 is 39.5. The van der Waals surface area contributed by atoms with Gasteiger partial charge in [-0.1, -0.05) is 20.8 Å². The van der Waals surface area contributed by atoms with Gasteiger partial charge in [-0.3, -0.25) is 18.9 Å². The van der Waals surface area contributed by atoms with Crippen molar-refractivity contribution >= 4 is 13.2 Å². The van der Waals surface area contributed by atoms with E-state index < -0.39 is 7.60 Å². The van der Waals surface area contributed by atoms with Crippen LogP contribution in [-0.2, 0) is 13.6 Å². The first-order valence-electron chi connectivity index (χ1n) is 19.3. The van der Waals surface area contributed by atoms with Crippen LogP contribution in [0.4, 0.5) is 0 Å². The Hall–Kier alpha value is -1.36. The Morgan fingerprint density at radius 2 is 1.18 bits per heavy atom. The monoisotopic (exact) mass is 723 g/mol. The van der Waals surface area contributed by atoms with Crippen LogP contribution in [0.15, 0.2) is 0 Å². The topological polar surface area (TPSA) is 111 Å². The average Bonchev–Trinajstić information content (AvgIpc) is 3.01. The van der Waals surface area contributed by atoms with E-state index in [0.29, 0.717) is 32.7 Å².